The second-order valence-electron chi connectivity index (χ2n) is 16.2. The molecule has 0 spiro atoms. The molecule has 2 atom stereocenters. The first-order valence-electron chi connectivity index (χ1n) is 17.9. The van der Waals surface area contributed by atoms with E-state index in [0.717, 1.165) is 50.5 Å². The largest absolute Gasteiger partial charge is 0.465 e. The van der Waals surface area contributed by atoms with Crippen LogP contribution in [0.15, 0.2) is 59.3 Å². The van der Waals surface area contributed by atoms with Crippen LogP contribution in [0.4, 0.5) is 10.6 Å². The van der Waals surface area contributed by atoms with Gasteiger partial charge in [0, 0.05) is 58.2 Å². The monoisotopic (exact) mass is 794 g/mol. The normalized spacial score (nSPS) is 19.4. The molecule has 4 aromatic rings. The minimum absolute atomic E-state index is 0.00132. The number of hydrogen-bond acceptors (Lipinski definition) is 8. The number of benzene rings is 1. The first-order valence-corrected chi connectivity index (χ1v) is 26.1. The van der Waals surface area contributed by atoms with E-state index in [0.29, 0.717) is 58.4 Å². The molecule has 0 radical (unpaired) electrons. The number of morpholine rings is 1. The maximum atomic E-state index is 12.3. The molecule has 2 aliphatic rings. The van der Waals surface area contributed by atoms with Crippen molar-refractivity contribution < 1.29 is 24.1 Å². The molecule has 3 aromatic heterocycles. The number of halogens is 1. The molecule has 2 fully saturated rings. The smallest absolute Gasteiger partial charge is 0.407 e. The van der Waals surface area contributed by atoms with Gasteiger partial charge in [0.1, 0.15) is 13.5 Å². The molecule has 14 heteroatoms. The van der Waals surface area contributed by atoms with Gasteiger partial charge in [-0.15, -0.1) is 0 Å². The molecule has 1 aromatic carbocycles. The lowest BCUT2D eigenvalue weighted by Gasteiger charge is -2.47. The van der Waals surface area contributed by atoms with Crippen LogP contribution in [0.25, 0.3) is 28.0 Å². The van der Waals surface area contributed by atoms with E-state index in [-0.39, 0.29) is 18.0 Å². The number of carboxylic acid groups (broad SMARTS) is 1. The maximum Gasteiger partial charge on any atom is 0.407 e. The second-order valence-corrected chi connectivity index (χ2v) is 28.2. The van der Waals surface area contributed by atoms with Crippen LogP contribution >= 0.6 is 15.9 Å². The number of carbonyl (C=O) groups is 1. The molecule has 2 aliphatic heterocycles. The molecule has 0 aliphatic carbocycles. The summed E-state index contributed by atoms with van der Waals surface area (Å²) in [5.41, 5.74) is 5.30. The van der Waals surface area contributed by atoms with Crippen molar-refractivity contribution in [1.82, 2.24) is 24.5 Å². The zero-order valence-corrected chi connectivity index (χ0v) is 34.2. The Kier molecular flexibility index (Phi) is 11.7. The Morgan fingerprint density at radius 1 is 0.922 bits per heavy atom. The summed E-state index contributed by atoms with van der Waals surface area (Å²) in [4.78, 5) is 26.1. The molecule has 6 rings (SSSR count). The van der Waals surface area contributed by atoms with Gasteiger partial charge in [-0.05, 0) is 46.9 Å². The Morgan fingerprint density at radius 3 is 2.10 bits per heavy atom. The first-order chi connectivity index (χ1) is 24.3. The lowest BCUT2D eigenvalue weighted by molar-refractivity contribution is -0.0650. The number of piperidine rings is 1. The minimum atomic E-state index is -1.30. The highest BCUT2D eigenvalue weighted by Gasteiger charge is 2.43. The summed E-state index contributed by atoms with van der Waals surface area (Å²) in [7, 11) is -2.60. The molecule has 274 valence electrons. The number of hydrogen-bond donors (Lipinski definition) is 1. The van der Waals surface area contributed by atoms with Crippen LogP contribution < -0.4 is 4.90 Å². The fourth-order valence-electron chi connectivity index (χ4n) is 6.77. The van der Waals surface area contributed by atoms with Crippen LogP contribution in [0, 0.1) is 0 Å². The first kappa shape index (κ1) is 37.6. The van der Waals surface area contributed by atoms with Crippen molar-refractivity contribution in [3.8, 4) is 22.4 Å². The summed E-state index contributed by atoms with van der Waals surface area (Å²) in [6, 6.07) is 15.9. The summed E-state index contributed by atoms with van der Waals surface area (Å²) >= 11 is 4.01. The van der Waals surface area contributed by atoms with Crippen LogP contribution in [0.2, 0.25) is 51.4 Å². The van der Waals surface area contributed by atoms with E-state index in [9.17, 15) is 9.90 Å². The number of rotatable bonds is 14. The summed E-state index contributed by atoms with van der Waals surface area (Å²) in [6.07, 6.45) is 4.07. The van der Waals surface area contributed by atoms with Gasteiger partial charge in [-0.3, -0.25) is 9.88 Å². The quantitative estimate of drug-likeness (QED) is 0.0766. The zero-order valence-electron chi connectivity index (χ0n) is 30.6. The highest BCUT2D eigenvalue weighted by molar-refractivity contribution is 9.10. The highest BCUT2D eigenvalue weighted by atomic mass is 79.9. The average Bonchev–Trinajstić information content (AvgIpc) is 3.50. The average molecular weight is 796 g/mol. The van der Waals surface area contributed by atoms with E-state index in [2.05, 4.69) is 78.3 Å². The van der Waals surface area contributed by atoms with Crippen molar-refractivity contribution >= 4 is 49.6 Å². The molecule has 2 unspecified atom stereocenters. The van der Waals surface area contributed by atoms with Crippen LogP contribution in [0.1, 0.15) is 24.5 Å². The third-order valence-corrected chi connectivity index (χ3v) is 13.8. The molecular weight excluding hydrogens is 745 g/mol. The molecule has 5 heterocycles. The van der Waals surface area contributed by atoms with Crippen molar-refractivity contribution in [3.63, 3.8) is 0 Å². The van der Waals surface area contributed by atoms with Gasteiger partial charge in [0.05, 0.1) is 47.4 Å². The van der Waals surface area contributed by atoms with Crippen molar-refractivity contribution in [2.75, 3.05) is 44.8 Å². The van der Waals surface area contributed by atoms with E-state index >= 15 is 0 Å². The van der Waals surface area contributed by atoms with Crippen LogP contribution in [-0.4, -0.2) is 104 Å². The van der Waals surface area contributed by atoms with Crippen molar-refractivity contribution in [3.05, 3.63) is 65.0 Å². The van der Waals surface area contributed by atoms with E-state index in [4.69, 9.17) is 29.3 Å². The summed E-state index contributed by atoms with van der Waals surface area (Å²) in [5.74, 6) is 0.805. The lowest BCUT2D eigenvalue weighted by atomic mass is 9.83. The Morgan fingerprint density at radius 2 is 1.55 bits per heavy atom. The molecule has 2 saturated heterocycles. The van der Waals surface area contributed by atoms with Gasteiger partial charge < -0.3 is 24.2 Å². The van der Waals surface area contributed by atoms with Crippen LogP contribution in [0.3, 0.4) is 0 Å². The highest BCUT2D eigenvalue weighted by Crippen LogP contribution is 2.43. The van der Waals surface area contributed by atoms with Crippen molar-refractivity contribution in [2.45, 2.75) is 82.2 Å². The van der Waals surface area contributed by atoms with E-state index in [1.54, 1.807) is 4.90 Å². The Hall–Kier alpha value is -3.15. The van der Waals surface area contributed by atoms with Crippen LogP contribution in [-0.2, 0) is 14.2 Å². The Labute approximate surface area is 311 Å². The van der Waals surface area contributed by atoms with Gasteiger partial charge >= 0.3 is 6.09 Å². The molecule has 1 N–H and O–H groups in total. The number of fused-ring (bicyclic) bond motifs is 3. The van der Waals surface area contributed by atoms with Gasteiger partial charge in [-0.2, -0.15) is 9.61 Å². The molecule has 0 saturated carbocycles. The Balaban J connectivity index is 1.42. The van der Waals surface area contributed by atoms with Gasteiger partial charge in [-0.1, -0.05) is 75.7 Å². The van der Waals surface area contributed by atoms with Crippen LogP contribution in [0.5, 0.6) is 0 Å². The Bertz CT molecular complexity index is 1760. The summed E-state index contributed by atoms with van der Waals surface area (Å²) in [6.45, 7) is 16.9. The lowest BCUT2D eigenvalue weighted by Crippen LogP contribution is -2.58. The number of amides is 1. The molecule has 2 bridgehead atoms. The topological polar surface area (TPSA) is 115 Å². The minimum Gasteiger partial charge on any atom is -0.465 e. The van der Waals surface area contributed by atoms with Gasteiger partial charge in [0.25, 0.3) is 0 Å². The number of pyridine rings is 1. The maximum absolute atomic E-state index is 12.3. The number of anilines is 1. The number of ether oxygens (including phenoxy) is 3. The fourth-order valence-corrected chi connectivity index (χ4v) is 9.12. The van der Waals surface area contributed by atoms with Gasteiger partial charge in [-0.25, -0.2) is 9.78 Å². The summed E-state index contributed by atoms with van der Waals surface area (Å²) in [5, 5.41) is 15.0. The van der Waals surface area contributed by atoms with E-state index in [1.165, 1.54) is 0 Å². The molecular formula is C37H51BrN6O5Si2. The van der Waals surface area contributed by atoms with Gasteiger partial charge in [0.2, 0.25) is 0 Å². The van der Waals surface area contributed by atoms with E-state index in [1.807, 2.05) is 41.2 Å². The standard InChI is InChI=1S/C37H51BrN6O5Si2/c1-50(2,3)16-14-47-24-42(25-48-15-17-51(4,5)6)36-33(38)34(28-18-29-22-49-23-30(19-28)43(29)37(45)46)41-35-31(21-40-44(35)36)27-12-13-32(39-20-27)26-10-8-7-9-11-26/h7-13,20-21,28-30H,14-19,22-25H2,1-6H3,(H,45,46). The third-order valence-electron chi connectivity index (χ3n) is 9.65. The molecule has 11 nitrogen and oxygen atoms in total. The summed E-state index contributed by atoms with van der Waals surface area (Å²) < 4.78 is 21.3. The number of aromatic nitrogens is 4. The van der Waals surface area contributed by atoms with Crippen molar-refractivity contribution in [1.29, 1.82) is 0 Å². The predicted octanol–water partition coefficient (Wildman–Crippen LogP) is 8.28. The van der Waals surface area contributed by atoms with Gasteiger partial charge in [0.15, 0.2) is 11.5 Å². The SMILES string of the molecule is C[Si](C)(C)CCOCN(COCC[Si](C)(C)C)c1c(Br)c(C2CC3COCC(C2)N3C(=O)O)nc2c(-c3ccc(-c4ccccc4)nc3)cnn12. The van der Waals surface area contributed by atoms with E-state index < -0.39 is 22.2 Å². The predicted molar refractivity (Wildman–Crippen MR) is 210 cm³/mol. The zero-order chi connectivity index (χ0) is 36.3. The fraction of sp³-hybridized carbons (Fsp3) is 0.514. The molecule has 51 heavy (non-hydrogen) atoms. The molecule has 1 amide bonds. The third kappa shape index (κ3) is 9.09. The van der Waals surface area contributed by atoms with Crippen molar-refractivity contribution in [2.24, 2.45) is 0 Å². The number of nitrogens with zero attached hydrogens (tertiary/aromatic N) is 6. The second kappa shape index (κ2) is 15.8.